The van der Waals surface area contributed by atoms with Gasteiger partial charge in [-0.25, -0.2) is 4.98 Å². The van der Waals surface area contributed by atoms with Crippen LogP contribution in [0.4, 0.5) is 11.8 Å². The van der Waals surface area contributed by atoms with E-state index in [0.29, 0.717) is 23.3 Å². The molecule has 18 heavy (non-hydrogen) atoms. The van der Waals surface area contributed by atoms with Crippen LogP contribution in [0.1, 0.15) is 11.3 Å². The third kappa shape index (κ3) is 2.56. The average molecular weight is 267 g/mol. The molecular weight excluding hydrogens is 252 g/mol. The molecule has 2 aromatic heterocycles. The summed E-state index contributed by atoms with van der Waals surface area (Å²) in [4.78, 5) is 10.4. The van der Waals surface area contributed by atoms with Gasteiger partial charge in [0.25, 0.3) is 0 Å². The Bertz CT molecular complexity index is 541. The van der Waals surface area contributed by atoms with Crippen LogP contribution >= 0.6 is 11.6 Å². The van der Waals surface area contributed by atoms with Gasteiger partial charge in [0.2, 0.25) is 5.95 Å². The van der Waals surface area contributed by atoms with Crippen LogP contribution in [-0.2, 0) is 6.54 Å². The molecule has 1 N–H and O–H groups in total. The maximum Gasteiger partial charge on any atom is 0.224 e. The van der Waals surface area contributed by atoms with Gasteiger partial charge in [-0.2, -0.15) is 4.98 Å². The van der Waals surface area contributed by atoms with Gasteiger partial charge in [0, 0.05) is 26.2 Å². The molecular formula is C12H15ClN4O. The topological polar surface area (TPSA) is 54.2 Å². The zero-order valence-corrected chi connectivity index (χ0v) is 11.3. The molecule has 0 atom stereocenters. The second-order valence-electron chi connectivity index (χ2n) is 3.97. The van der Waals surface area contributed by atoms with Crippen molar-refractivity contribution in [3.63, 3.8) is 0 Å². The Kier molecular flexibility index (Phi) is 3.72. The van der Waals surface area contributed by atoms with Gasteiger partial charge in [-0.15, -0.1) is 0 Å². The first-order valence-corrected chi connectivity index (χ1v) is 5.94. The lowest BCUT2D eigenvalue weighted by atomic mass is 10.2. The second-order valence-corrected chi connectivity index (χ2v) is 4.38. The molecule has 0 aliphatic carbocycles. The van der Waals surface area contributed by atoms with Crippen molar-refractivity contribution >= 4 is 23.4 Å². The van der Waals surface area contributed by atoms with E-state index >= 15 is 0 Å². The van der Waals surface area contributed by atoms with Gasteiger partial charge < -0.3 is 14.6 Å². The second kappa shape index (κ2) is 5.27. The van der Waals surface area contributed by atoms with Crippen molar-refractivity contribution in [1.82, 2.24) is 9.97 Å². The van der Waals surface area contributed by atoms with Crippen LogP contribution in [0.2, 0.25) is 5.02 Å². The maximum absolute atomic E-state index is 6.11. The first-order valence-electron chi connectivity index (χ1n) is 5.56. The van der Waals surface area contributed by atoms with Crippen LogP contribution in [0, 0.1) is 6.92 Å². The van der Waals surface area contributed by atoms with Crippen LogP contribution in [0.15, 0.2) is 22.9 Å². The van der Waals surface area contributed by atoms with E-state index in [4.69, 9.17) is 16.0 Å². The Morgan fingerprint density at radius 2 is 2.28 bits per heavy atom. The first-order chi connectivity index (χ1) is 8.61. The highest BCUT2D eigenvalue weighted by atomic mass is 35.5. The van der Waals surface area contributed by atoms with E-state index in [1.807, 2.05) is 24.9 Å². The Balaban J connectivity index is 2.23. The maximum atomic E-state index is 6.11. The zero-order valence-electron chi connectivity index (χ0n) is 10.6. The third-order valence-electron chi connectivity index (χ3n) is 2.68. The summed E-state index contributed by atoms with van der Waals surface area (Å²) in [5, 5.41) is 3.42. The summed E-state index contributed by atoms with van der Waals surface area (Å²) in [6, 6.07) is 1.94. The SMILES string of the molecule is CNc1ncc(Cl)c(N(C)Cc2ccoc2C)n1. The molecule has 0 unspecified atom stereocenters. The molecule has 0 aliphatic rings. The standard InChI is InChI=1S/C12H15ClN4O/c1-8-9(4-5-18-8)7-17(3)11-10(13)6-15-12(14-2)16-11/h4-6H,7H2,1-3H3,(H,14,15,16). The van der Waals surface area contributed by atoms with E-state index in [1.54, 1.807) is 19.5 Å². The molecule has 0 amide bonds. The predicted octanol–water partition coefficient (Wildman–Crippen LogP) is 2.71. The van der Waals surface area contributed by atoms with Crippen molar-refractivity contribution in [3.05, 3.63) is 34.9 Å². The summed E-state index contributed by atoms with van der Waals surface area (Å²) in [5.74, 6) is 2.14. The number of aryl methyl sites for hydroxylation is 1. The van der Waals surface area contributed by atoms with E-state index in [0.717, 1.165) is 11.3 Å². The highest BCUT2D eigenvalue weighted by Gasteiger charge is 2.12. The van der Waals surface area contributed by atoms with Crippen LogP contribution in [-0.4, -0.2) is 24.1 Å². The van der Waals surface area contributed by atoms with Crippen molar-refractivity contribution in [3.8, 4) is 0 Å². The number of hydrogen-bond acceptors (Lipinski definition) is 5. The fraction of sp³-hybridized carbons (Fsp3) is 0.333. The van der Waals surface area contributed by atoms with Gasteiger partial charge in [0.1, 0.15) is 10.8 Å². The summed E-state index contributed by atoms with van der Waals surface area (Å²) in [6.07, 6.45) is 3.27. The molecule has 96 valence electrons. The molecule has 0 bridgehead atoms. The molecule has 2 heterocycles. The van der Waals surface area contributed by atoms with Crippen molar-refractivity contribution in [2.24, 2.45) is 0 Å². The lowest BCUT2D eigenvalue weighted by molar-refractivity contribution is 0.529. The fourth-order valence-electron chi connectivity index (χ4n) is 1.65. The zero-order chi connectivity index (χ0) is 13.1. The van der Waals surface area contributed by atoms with Crippen molar-refractivity contribution in [2.75, 3.05) is 24.3 Å². The summed E-state index contributed by atoms with van der Waals surface area (Å²) in [7, 11) is 3.70. The minimum Gasteiger partial charge on any atom is -0.469 e. The van der Waals surface area contributed by atoms with E-state index < -0.39 is 0 Å². The number of rotatable bonds is 4. The highest BCUT2D eigenvalue weighted by molar-refractivity contribution is 6.32. The molecule has 0 saturated carbocycles. The molecule has 0 radical (unpaired) electrons. The number of aromatic nitrogens is 2. The lowest BCUT2D eigenvalue weighted by Crippen LogP contribution is -2.19. The molecule has 2 aromatic rings. The largest absolute Gasteiger partial charge is 0.469 e. The monoisotopic (exact) mass is 266 g/mol. The number of furan rings is 1. The van der Waals surface area contributed by atoms with Gasteiger partial charge in [0.15, 0.2) is 5.82 Å². The van der Waals surface area contributed by atoms with Gasteiger partial charge in [-0.05, 0) is 13.0 Å². The van der Waals surface area contributed by atoms with Crippen LogP contribution < -0.4 is 10.2 Å². The Morgan fingerprint density at radius 3 is 2.89 bits per heavy atom. The van der Waals surface area contributed by atoms with Gasteiger partial charge >= 0.3 is 0 Å². The molecule has 0 fully saturated rings. The summed E-state index contributed by atoms with van der Waals surface area (Å²) < 4.78 is 5.27. The highest BCUT2D eigenvalue weighted by Crippen LogP contribution is 2.24. The summed E-state index contributed by atoms with van der Waals surface area (Å²) in [5.41, 5.74) is 1.11. The molecule has 0 saturated heterocycles. The Hall–Kier alpha value is -1.75. The Morgan fingerprint density at radius 1 is 1.50 bits per heavy atom. The van der Waals surface area contributed by atoms with E-state index in [2.05, 4.69) is 15.3 Å². The number of halogens is 1. The van der Waals surface area contributed by atoms with Crippen LogP contribution in [0.5, 0.6) is 0 Å². The molecule has 0 aliphatic heterocycles. The average Bonchev–Trinajstić information content (AvgIpc) is 2.75. The van der Waals surface area contributed by atoms with Crippen molar-refractivity contribution < 1.29 is 4.42 Å². The number of nitrogens with zero attached hydrogens (tertiary/aromatic N) is 3. The fourth-order valence-corrected chi connectivity index (χ4v) is 1.89. The Labute approximate surface area is 111 Å². The number of hydrogen-bond donors (Lipinski definition) is 1. The summed E-state index contributed by atoms with van der Waals surface area (Å²) in [6.45, 7) is 2.62. The third-order valence-corrected chi connectivity index (χ3v) is 2.95. The van der Waals surface area contributed by atoms with Gasteiger partial charge in [0.05, 0.1) is 12.5 Å². The molecule has 2 rings (SSSR count). The van der Waals surface area contributed by atoms with Crippen LogP contribution in [0.25, 0.3) is 0 Å². The van der Waals surface area contributed by atoms with Gasteiger partial charge in [-0.1, -0.05) is 11.6 Å². The van der Waals surface area contributed by atoms with Crippen LogP contribution in [0.3, 0.4) is 0 Å². The smallest absolute Gasteiger partial charge is 0.224 e. The number of nitrogens with one attached hydrogen (secondary N) is 1. The molecule has 5 nitrogen and oxygen atoms in total. The minimum absolute atomic E-state index is 0.526. The molecule has 0 aromatic carbocycles. The normalized spacial score (nSPS) is 10.4. The van der Waals surface area contributed by atoms with E-state index in [1.165, 1.54) is 0 Å². The lowest BCUT2D eigenvalue weighted by Gasteiger charge is -2.19. The van der Waals surface area contributed by atoms with E-state index in [9.17, 15) is 0 Å². The van der Waals surface area contributed by atoms with Crippen molar-refractivity contribution in [2.45, 2.75) is 13.5 Å². The molecule has 0 spiro atoms. The van der Waals surface area contributed by atoms with E-state index in [-0.39, 0.29) is 0 Å². The summed E-state index contributed by atoms with van der Waals surface area (Å²) >= 11 is 6.11. The predicted molar refractivity (Wildman–Crippen MR) is 72.1 cm³/mol. The minimum atomic E-state index is 0.526. The van der Waals surface area contributed by atoms with Crippen molar-refractivity contribution in [1.29, 1.82) is 0 Å². The van der Waals surface area contributed by atoms with Gasteiger partial charge in [-0.3, -0.25) is 0 Å². The molecule has 6 heteroatoms. The quantitative estimate of drug-likeness (QED) is 0.922. The first kappa shape index (κ1) is 12.7. The number of anilines is 2.